The summed E-state index contributed by atoms with van der Waals surface area (Å²) in [6.45, 7) is 4.15. The number of rotatable bonds is 5. The van der Waals surface area contributed by atoms with Gasteiger partial charge >= 0.3 is 6.03 Å². The summed E-state index contributed by atoms with van der Waals surface area (Å²) in [5.41, 5.74) is 1.80. The van der Waals surface area contributed by atoms with Crippen LogP contribution in [0, 0.1) is 0 Å². The minimum atomic E-state index is -0.180. The molecule has 0 saturated carbocycles. The van der Waals surface area contributed by atoms with Gasteiger partial charge in [-0.25, -0.2) is 4.79 Å². The summed E-state index contributed by atoms with van der Waals surface area (Å²) < 4.78 is 6.70. The summed E-state index contributed by atoms with van der Waals surface area (Å²) in [6, 6.07) is 9.97. The van der Waals surface area contributed by atoms with Gasteiger partial charge in [0, 0.05) is 39.5 Å². The predicted octanol–water partition coefficient (Wildman–Crippen LogP) is 1.81. The first kappa shape index (κ1) is 18.9. The van der Waals surface area contributed by atoms with E-state index in [1.165, 1.54) is 7.11 Å². The lowest BCUT2D eigenvalue weighted by Crippen LogP contribution is -2.52. The molecule has 0 spiro atoms. The highest BCUT2D eigenvalue weighted by atomic mass is 16.5. The molecule has 8 nitrogen and oxygen atoms in total. The Kier molecular flexibility index (Phi) is 6.08. The first-order valence-corrected chi connectivity index (χ1v) is 9.00. The van der Waals surface area contributed by atoms with Crippen molar-refractivity contribution in [2.75, 3.05) is 45.2 Å². The third kappa shape index (κ3) is 4.65. The number of urea groups is 1. The third-order valence-corrected chi connectivity index (χ3v) is 4.72. The van der Waals surface area contributed by atoms with Gasteiger partial charge in [0.25, 0.3) is 0 Å². The number of carbonyl (C=O) groups is 2. The van der Waals surface area contributed by atoms with Crippen molar-refractivity contribution in [3.8, 4) is 0 Å². The fourth-order valence-electron chi connectivity index (χ4n) is 3.07. The van der Waals surface area contributed by atoms with Crippen LogP contribution >= 0.6 is 0 Å². The van der Waals surface area contributed by atoms with Crippen LogP contribution in [0.3, 0.4) is 0 Å². The average molecular weight is 371 g/mol. The number of nitrogens with one attached hydrogen (secondary N) is 1. The van der Waals surface area contributed by atoms with Crippen molar-refractivity contribution in [2.45, 2.75) is 13.0 Å². The smallest absolute Gasteiger partial charge is 0.322 e. The highest BCUT2D eigenvalue weighted by molar-refractivity contribution is 5.89. The molecule has 1 aromatic carbocycles. The van der Waals surface area contributed by atoms with Gasteiger partial charge in [-0.05, 0) is 12.5 Å². The van der Waals surface area contributed by atoms with Crippen molar-refractivity contribution in [3.63, 3.8) is 0 Å². The molecule has 8 heteroatoms. The Bertz CT molecular complexity index is 769. The monoisotopic (exact) mass is 371 g/mol. The second-order valence-corrected chi connectivity index (χ2v) is 6.53. The number of aromatic nitrogens is 2. The first-order chi connectivity index (χ1) is 13.1. The Morgan fingerprint density at radius 2 is 1.81 bits per heavy atom. The average Bonchev–Trinajstić information content (AvgIpc) is 3.17. The molecule has 0 bridgehead atoms. The molecule has 144 valence electrons. The largest absolute Gasteiger partial charge is 0.375 e. The van der Waals surface area contributed by atoms with Crippen LogP contribution in [0.5, 0.6) is 0 Å². The molecule has 1 aromatic heterocycles. The first-order valence-electron chi connectivity index (χ1n) is 9.00. The maximum Gasteiger partial charge on any atom is 0.322 e. The van der Waals surface area contributed by atoms with Crippen molar-refractivity contribution in [1.29, 1.82) is 0 Å². The second kappa shape index (κ2) is 8.68. The summed E-state index contributed by atoms with van der Waals surface area (Å²) in [5, 5.41) is 7.25. The molecule has 1 aliphatic rings. The molecule has 0 radical (unpaired) electrons. The van der Waals surface area contributed by atoms with Crippen molar-refractivity contribution < 1.29 is 14.3 Å². The zero-order chi connectivity index (χ0) is 19.2. The molecule has 1 aliphatic heterocycles. The number of ether oxygens (including phenoxy) is 1. The standard InChI is InChI=1S/C19H25N5O3/c1-15(16-6-4-3-5-7-16)24-13-17(12-20-24)21-19(26)23-10-8-22(9-11-23)18(25)14-27-2/h3-7,12-13,15H,8-11,14H2,1-2H3,(H,21,26). The summed E-state index contributed by atoms with van der Waals surface area (Å²) >= 11 is 0. The molecule has 1 saturated heterocycles. The number of amides is 3. The Hall–Kier alpha value is -2.87. The van der Waals surface area contributed by atoms with Crippen LogP contribution in [0.2, 0.25) is 0 Å². The zero-order valence-electron chi connectivity index (χ0n) is 15.7. The van der Waals surface area contributed by atoms with E-state index in [0.717, 1.165) is 5.56 Å². The maximum absolute atomic E-state index is 12.5. The number of methoxy groups -OCH3 is 1. The Labute approximate surface area is 158 Å². The minimum absolute atomic E-state index is 0.0475. The van der Waals surface area contributed by atoms with Gasteiger partial charge in [-0.1, -0.05) is 30.3 Å². The number of anilines is 1. The van der Waals surface area contributed by atoms with E-state index in [0.29, 0.717) is 31.9 Å². The molecule has 1 N–H and O–H groups in total. The molecule has 2 aromatic rings. The SMILES string of the molecule is COCC(=O)N1CCN(C(=O)Nc2cnn(C(C)c3ccccc3)c2)CC1. The molecule has 0 aliphatic carbocycles. The minimum Gasteiger partial charge on any atom is -0.375 e. The van der Waals surface area contributed by atoms with Crippen LogP contribution in [-0.2, 0) is 9.53 Å². The topological polar surface area (TPSA) is 79.7 Å². The number of nitrogens with zero attached hydrogens (tertiary/aromatic N) is 4. The number of benzene rings is 1. The van der Waals surface area contributed by atoms with Gasteiger partial charge in [-0.3, -0.25) is 9.48 Å². The van der Waals surface area contributed by atoms with E-state index in [4.69, 9.17) is 4.74 Å². The lowest BCUT2D eigenvalue weighted by molar-refractivity contribution is -0.136. The van der Waals surface area contributed by atoms with E-state index >= 15 is 0 Å². The van der Waals surface area contributed by atoms with Gasteiger partial charge in [-0.2, -0.15) is 5.10 Å². The van der Waals surface area contributed by atoms with Crippen molar-refractivity contribution in [3.05, 3.63) is 48.3 Å². The molecule has 1 unspecified atom stereocenters. The van der Waals surface area contributed by atoms with E-state index in [2.05, 4.69) is 29.5 Å². The number of piperazine rings is 1. The lowest BCUT2D eigenvalue weighted by atomic mass is 10.1. The summed E-state index contributed by atoms with van der Waals surface area (Å²) in [6.07, 6.45) is 3.48. The van der Waals surface area contributed by atoms with Crippen molar-refractivity contribution >= 4 is 17.6 Å². The number of hydrogen-bond acceptors (Lipinski definition) is 4. The fraction of sp³-hybridized carbons (Fsp3) is 0.421. The highest BCUT2D eigenvalue weighted by Crippen LogP contribution is 2.19. The summed E-state index contributed by atoms with van der Waals surface area (Å²) in [5.74, 6) is -0.0475. The molecule has 2 heterocycles. The van der Waals surface area contributed by atoms with Gasteiger partial charge in [0.2, 0.25) is 5.91 Å². The Balaban J connectivity index is 1.53. The van der Waals surface area contributed by atoms with E-state index in [-0.39, 0.29) is 24.6 Å². The van der Waals surface area contributed by atoms with Crippen LogP contribution in [0.15, 0.2) is 42.7 Å². The molecule has 1 fully saturated rings. The van der Waals surface area contributed by atoms with E-state index < -0.39 is 0 Å². The van der Waals surface area contributed by atoms with Crippen molar-refractivity contribution in [2.24, 2.45) is 0 Å². The normalized spacial score (nSPS) is 15.5. The molecular weight excluding hydrogens is 346 g/mol. The molecule has 3 amide bonds. The molecule has 3 rings (SSSR count). The quantitative estimate of drug-likeness (QED) is 0.869. The number of carbonyl (C=O) groups excluding carboxylic acids is 2. The molecule has 27 heavy (non-hydrogen) atoms. The second-order valence-electron chi connectivity index (χ2n) is 6.53. The van der Waals surface area contributed by atoms with Gasteiger partial charge in [0.1, 0.15) is 6.61 Å². The van der Waals surface area contributed by atoms with Gasteiger partial charge in [-0.15, -0.1) is 0 Å². The van der Waals surface area contributed by atoms with Crippen LogP contribution in [0.4, 0.5) is 10.5 Å². The molecular formula is C19H25N5O3. The van der Waals surface area contributed by atoms with Crippen molar-refractivity contribution in [1.82, 2.24) is 19.6 Å². The van der Waals surface area contributed by atoms with Gasteiger partial charge in [0.15, 0.2) is 0 Å². The van der Waals surface area contributed by atoms with Gasteiger partial charge in [0.05, 0.1) is 17.9 Å². The molecule has 1 atom stereocenters. The summed E-state index contributed by atoms with van der Waals surface area (Å²) in [7, 11) is 1.50. The van der Waals surface area contributed by atoms with Crippen LogP contribution in [0.1, 0.15) is 18.5 Å². The van der Waals surface area contributed by atoms with Crippen LogP contribution < -0.4 is 5.32 Å². The van der Waals surface area contributed by atoms with Crippen LogP contribution in [0.25, 0.3) is 0 Å². The van der Waals surface area contributed by atoms with Crippen LogP contribution in [-0.4, -0.2) is 71.4 Å². The Morgan fingerprint density at radius 3 is 2.48 bits per heavy atom. The lowest BCUT2D eigenvalue weighted by Gasteiger charge is -2.34. The van der Waals surface area contributed by atoms with E-state index in [1.54, 1.807) is 16.0 Å². The fourth-order valence-corrected chi connectivity index (χ4v) is 3.07. The predicted molar refractivity (Wildman–Crippen MR) is 102 cm³/mol. The summed E-state index contributed by atoms with van der Waals surface area (Å²) in [4.78, 5) is 27.7. The zero-order valence-corrected chi connectivity index (χ0v) is 15.7. The highest BCUT2D eigenvalue weighted by Gasteiger charge is 2.24. The van der Waals surface area contributed by atoms with Gasteiger partial charge < -0.3 is 19.9 Å². The Morgan fingerprint density at radius 1 is 1.15 bits per heavy atom. The number of hydrogen-bond donors (Lipinski definition) is 1. The van der Waals surface area contributed by atoms with E-state index in [9.17, 15) is 9.59 Å². The maximum atomic E-state index is 12.5. The van der Waals surface area contributed by atoms with E-state index in [1.807, 2.05) is 29.1 Å². The third-order valence-electron chi connectivity index (χ3n) is 4.72.